The van der Waals surface area contributed by atoms with Gasteiger partial charge in [-0.2, -0.15) is 0 Å². The van der Waals surface area contributed by atoms with Gasteiger partial charge in [-0.15, -0.1) is 6.42 Å². The Morgan fingerprint density at radius 1 is 0.774 bits per heavy atom. The van der Waals surface area contributed by atoms with Crippen LogP contribution >= 0.6 is 0 Å². The molecular formula is C43H53NO9. The van der Waals surface area contributed by atoms with E-state index in [2.05, 4.69) is 5.92 Å². The third-order valence-electron chi connectivity index (χ3n) is 10.4. The summed E-state index contributed by atoms with van der Waals surface area (Å²) in [4.78, 5) is 31.1. The zero-order chi connectivity index (χ0) is 37.7. The van der Waals surface area contributed by atoms with Gasteiger partial charge in [-0.05, 0) is 104 Å². The number of hydrogen-bond acceptors (Lipinski definition) is 9. The van der Waals surface area contributed by atoms with E-state index in [1.807, 2.05) is 54.6 Å². The van der Waals surface area contributed by atoms with Crippen LogP contribution in [0.25, 0.3) is 0 Å². The molecule has 1 amide bonds. The lowest BCUT2D eigenvalue weighted by molar-refractivity contribution is -0.163. The molecule has 10 nitrogen and oxygen atoms in total. The smallest absolute Gasteiger partial charge is 0.329 e. The van der Waals surface area contributed by atoms with Gasteiger partial charge in [0.15, 0.2) is 23.0 Å². The van der Waals surface area contributed by atoms with Crippen molar-refractivity contribution in [3.63, 3.8) is 0 Å². The van der Waals surface area contributed by atoms with Gasteiger partial charge in [0, 0.05) is 6.54 Å². The van der Waals surface area contributed by atoms with E-state index in [-0.39, 0.29) is 18.4 Å². The van der Waals surface area contributed by atoms with Crippen molar-refractivity contribution < 1.29 is 42.7 Å². The van der Waals surface area contributed by atoms with Gasteiger partial charge in [0.1, 0.15) is 24.5 Å². The fraction of sp³-hybridized carbons (Fsp3) is 0.488. The van der Waals surface area contributed by atoms with Crippen molar-refractivity contribution in [2.75, 3.05) is 48.7 Å². The van der Waals surface area contributed by atoms with Crippen molar-refractivity contribution in [1.82, 2.24) is 4.90 Å². The van der Waals surface area contributed by atoms with Gasteiger partial charge in [0.2, 0.25) is 11.7 Å². The summed E-state index contributed by atoms with van der Waals surface area (Å²) in [6.07, 6.45) is 13.1. The van der Waals surface area contributed by atoms with E-state index in [1.165, 1.54) is 0 Å². The average Bonchev–Trinajstić information content (AvgIpc) is 3.21. The summed E-state index contributed by atoms with van der Waals surface area (Å²) in [6.45, 7) is 0.588. The van der Waals surface area contributed by atoms with Crippen LogP contribution < -0.4 is 28.4 Å². The summed E-state index contributed by atoms with van der Waals surface area (Å²) in [6, 6.07) is 16.3. The van der Waals surface area contributed by atoms with Crippen LogP contribution in [0.2, 0.25) is 0 Å². The Balaban J connectivity index is 1.45. The van der Waals surface area contributed by atoms with E-state index in [1.54, 1.807) is 40.4 Å². The van der Waals surface area contributed by atoms with Crippen LogP contribution in [0.15, 0.2) is 54.6 Å². The molecule has 0 N–H and O–H groups in total. The van der Waals surface area contributed by atoms with Crippen LogP contribution in [0.4, 0.5) is 0 Å². The number of ether oxygens (including phenoxy) is 7. The molecule has 3 atom stereocenters. The summed E-state index contributed by atoms with van der Waals surface area (Å²) in [5.74, 6) is 4.95. The number of terminal acetylenes is 1. The Morgan fingerprint density at radius 3 is 2.13 bits per heavy atom. The van der Waals surface area contributed by atoms with Crippen LogP contribution in [0.1, 0.15) is 86.5 Å². The van der Waals surface area contributed by atoms with E-state index in [4.69, 9.17) is 39.6 Å². The second-order valence-corrected chi connectivity index (χ2v) is 13.6. The van der Waals surface area contributed by atoms with E-state index in [9.17, 15) is 9.59 Å². The number of carbonyl (C=O) groups is 2. The number of nitrogens with zero attached hydrogens (tertiary/aromatic N) is 1. The molecule has 1 aliphatic carbocycles. The minimum atomic E-state index is -0.728. The second-order valence-electron chi connectivity index (χ2n) is 13.6. The first-order valence-corrected chi connectivity index (χ1v) is 18.5. The van der Waals surface area contributed by atoms with Crippen LogP contribution in [-0.2, 0) is 20.7 Å². The highest BCUT2D eigenvalue weighted by Gasteiger charge is 2.41. The molecule has 284 valence electrons. The molecule has 5 rings (SSSR count). The third-order valence-corrected chi connectivity index (χ3v) is 10.4. The van der Waals surface area contributed by atoms with Crippen LogP contribution in [0.5, 0.6) is 34.5 Å². The van der Waals surface area contributed by atoms with Crippen molar-refractivity contribution in [1.29, 1.82) is 0 Å². The van der Waals surface area contributed by atoms with Gasteiger partial charge in [0.05, 0.1) is 41.5 Å². The van der Waals surface area contributed by atoms with Crippen molar-refractivity contribution in [3.8, 4) is 46.8 Å². The van der Waals surface area contributed by atoms with E-state index in [0.717, 1.165) is 61.6 Å². The molecule has 3 aromatic rings. The fourth-order valence-electron chi connectivity index (χ4n) is 7.76. The molecule has 2 aliphatic rings. The first-order chi connectivity index (χ1) is 25.8. The lowest BCUT2D eigenvalue weighted by Gasteiger charge is -2.40. The topological polar surface area (TPSA) is 102 Å². The number of likely N-dealkylation sites (tertiary alicyclic amines) is 1. The first kappa shape index (κ1) is 39.2. The normalized spacial score (nSPS) is 17.1. The van der Waals surface area contributed by atoms with Gasteiger partial charge < -0.3 is 38.1 Å². The van der Waals surface area contributed by atoms with E-state index in [0.29, 0.717) is 60.3 Å². The standard InChI is InChI=1S/C43H53NO9/c1-7-24-52-33-17-13-16-31(26-33)35(21-19-29-20-22-36(47-2)37(25-29)48-3)53-43(46)34-18-11-12-23-44(34)42(45)40(30-14-9-8-10-15-30)32-27-38(49-4)41(51-6)39(28-32)50-5/h1,13,16-17,20,22,25-28,30,34-35,40H,8-12,14-15,18-19,21,23-24H2,2-6H3/t34?,35?,40-/m0/s1. The highest BCUT2D eigenvalue weighted by Crippen LogP contribution is 2.45. The predicted octanol–water partition coefficient (Wildman–Crippen LogP) is 7.70. The Kier molecular flexibility index (Phi) is 14.2. The number of methoxy groups -OCH3 is 5. The van der Waals surface area contributed by atoms with E-state index >= 15 is 0 Å². The molecular weight excluding hydrogens is 674 g/mol. The fourth-order valence-corrected chi connectivity index (χ4v) is 7.76. The SMILES string of the molecule is C#CCOc1cccc(C(CCc2ccc(OC)c(OC)c2)OC(=O)C2CCCCN2C(=O)[C@H](c2cc(OC)c(OC)c(OC)c2)C2CCCCC2)c1. The minimum absolute atomic E-state index is 0.0700. The molecule has 0 radical (unpaired) electrons. The number of hydrogen-bond donors (Lipinski definition) is 0. The molecule has 1 aliphatic heterocycles. The molecule has 2 unspecified atom stereocenters. The Labute approximate surface area is 314 Å². The third kappa shape index (κ3) is 9.50. The Morgan fingerprint density at radius 2 is 1.47 bits per heavy atom. The molecule has 53 heavy (non-hydrogen) atoms. The molecule has 10 heteroatoms. The Hall–Kier alpha value is -5.04. The van der Waals surface area contributed by atoms with Gasteiger partial charge >= 0.3 is 5.97 Å². The maximum absolute atomic E-state index is 14.9. The predicted molar refractivity (Wildman–Crippen MR) is 202 cm³/mol. The van der Waals surface area contributed by atoms with Gasteiger partial charge in [-0.25, -0.2) is 4.79 Å². The number of aryl methyl sites for hydroxylation is 1. The summed E-state index contributed by atoms with van der Waals surface area (Å²) in [5.41, 5.74) is 2.57. The molecule has 1 heterocycles. The molecule has 0 aromatic heterocycles. The molecule has 2 fully saturated rings. The highest BCUT2D eigenvalue weighted by molar-refractivity contribution is 5.89. The summed E-state index contributed by atoms with van der Waals surface area (Å²) in [7, 11) is 7.92. The maximum Gasteiger partial charge on any atom is 0.329 e. The zero-order valence-corrected chi connectivity index (χ0v) is 31.7. The number of rotatable bonds is 16. The minimum Gasteiger partial charge on any atom is -0.493 e. The molecule has 3 aromatic carbocycles. The summed E-state index contributed by atoms with van der Waals surface area (Å²) >= 11 is 0. The van der Waals surface area contributed by atoms with Crippen molar-refractivity contribution in [3.05, 3.63) is 71.3 Å². The van der Waals surface area contributed by atoms with Crippen molar-refractivity contribution >= 4 is 11.9 Å². The first-order valence-electron chi connectivity index (χ1n) is 18.5. The van der Waals surface area contributed by atoms with Gasteiger partial charge in [-0.3, -0.25) is 4.79 Å². The number of benzene rings is 3. The van der Waals surface area contributed by atoms with Crippen LogP contribution in [-0.4, -0.2) is 71.5 Å². The molecule has 0 spiro atoms. The summed E-state index contributed by atoms with van der Waals surface area (Å²) in [5, 5.41) is 0. The molecule has 0 bridgehead atoms. The van der Waals surface area contributed by atoms with Gasteiger partial charge in [0.25, 0.3) is 0 Å². The lowest BCUT2D eigenvalue weighted by Crippen LogP contribution is -2.51. The second kappa shape index (κ2) is 19.2. The number of esters is 1. The monoisotopic (exact) mass is 727 g/mol. The van der Waals surface area contributed by atoms with Crippen LogP contribution in [0.3, 0.4) is 0 Å². The highest BCUT2D eigenvalue weighted by atomic mass is 16.5. The number of carbonyl (C=O) groups excluding carboxylic acids is 2. The molecule has 1 saturated carbocycles. The molecule has 1 saturated heterocycles. The number of piperidine rings is 1. The Bertz CT molecular complexity index is 1700. The quantitative estimate of drug-likeness (QED) is 0.109. The largest absolute Gasteiger partial charge is 0.493 e. The average molecular weight is 728 g/mol. The van der Waals surface area contributed by atoms with Crippen molar-refractivity contribution in [2.45, 2.75) is 82.3 Å². The summed E-state index contributed by atoms with van der Waals surface area (Å²) < 4.78 is 40.1. The van der Waals surface area contributed by atoms with Crippen LogP contribution in [0, 0.1) is 18.3 Å². The van der Waals surface area contributed by atoms with Gasteiger partial charge in [-0.1, -0.05) is 43.4 Å². The maximum atomic E-state index is 14.9. The lowest BCUT2D eigenvalue weighted by atomic mass is 9.75. The van der Waals surface area contributed by atoms with E-state index < -0.39 is 24.0 Å². The zero-order valence-electron chi connectivity index (χ0n) is 31.7. The number of amides is 1. The van der Waals surface area contributed by atoms with Crippen molar-refractivity contribution in [2.24, 2.45) is 5.92 Å².